The number of hydrogen-bond donors (Lipinski definition) is 1. The number of aryl methyl sites for hydroxylation is 3. The molecular formula is C24H28N4O5S. The topological polar surface area (TPSA) is 116 Å². The van der Waals surface area contributed by atoms with E-state index < -0.39 is 24.3 Å². The molecule has 10 heteroatoms. The van der Waals surface area contributed by atoms with E-state index in [4.69, 9.17) is 9.47 Å². The van der Waals surface area contributed by atoms with Crippen LogP contribution < -0.4 is 0 Å². The molecule has 0 saturated heterocycles. The number of Topliss-reactive ketones (excluding diaryl/α,β-unsaturated/α-hetero) is 1. The largest absolute Gasteiger partial charge is 0.462 e. The van der Waals surface area contributed by atoms with Crippen LogP contribution in [0.2, 0.25) is 0 Å². The van der Waals surface area contributed by atoms with Crippen molar-refractivity contribution in [2.45, 2.75) is 46.3 Å². The normalized spacial score (nSPS) is 10.9. The van der Waals surface area contributed by atoms with Gasteiger partial charge in [-0.1, -0.05) is 36.0 Å². The number of nitrogens with zero attached hydrogens (tertiary/aromatic N) is 3. The summed E-state index contributed by atoms with van der Waals surface area (Å²) in [5, 5.41) is 9.12. The first-order chi connectivity index (χ1) is 16.3. The molecule has 9 nitrogen and oxygen atoms in total. The molecule has 0 spiro atoms. The third-order valence-electron chi connectivity index (χ3n) is 5.24. The Morgan fingerprint density at radius 3 is 2.38 bits per heavy atom. The van der Waals surface area contributed by atoms with Crippen LogP contribution in [0.5, 0.6) is 0 Å². The van der Waals surface area contributed by atoms with Crippen molar-refractivity contribution in [1.29, 1.82) is 0 Å². The van der Waals surface area contributed by atoms with Gasteiger partial charge in [-0.15, -0.1) is 10.2 Å². The molecule has 0 unspecified atom stereocenters. The van der Waals surface area contributed by atoms with E-state index >= 15 is 0 Å². The fraction of sp³-hybridized carbons (Fsp3) is 0.375. The second kappa shape index (κ2) is 11.1. The van der Waals surface area contributed by atoms with Crippen molar-refractivity contribution in [1.82, 2.24) is 19.7 Å². The molecule has 2 aromatic heterocycles. The van der Waals surface area contributed by atoms with E-state index in [2.05, 4.69) is 15.2 Å². The molecule has 0 bridgehead atoms. The van der Waals surface area contributed by atoms with Crippen molar-refractivity contribution in [3.8, 4) is 11.4 Å². The first-order valence-electron chi connectivity index (χ1n) is 11.0. The maximum Gasteiger partial charge on any atom is 0.340 e. The summed E-state index contributed by atoms with van der Waals surface area (Å²) >= 11 is 1.19. The third kappa shape index (κ3) is 5.39. The number of hydrogen-bond acceptors (Lipinski definition) is 8. The molecule has 3 aromatic rings. The quantitative estimate of drug-likeness (QED) is 0.262. The average molecular weight is 485 g/mol. The van der Waals surface area contributed by atoms with E-state index in [9.17, 15) is 14.4 Å². The van der Waals surface area contributed by atoms with Crippen LogP contribution in [-0.4, -0.2) is 56.4 Å². The number of ether oxygens (including phenoxy) is 2. The van der Waals surface area contributed by atoms with E-state index in [1.165, 1.54) is 11.8 Å². The van der Waals surface area contributed by atoms with E-state index in [1.807, 2.05) is 42.7 Å². The smallest absolute Gasteiger partial charge is 0.340 e. The van der Waals surface area contributed by atoms with Crippen molar-refractivity contribution >= 4 is 29.5 Å². The molecule has 0 fully saturated rings. The maximum absolute atomic E-state index is 12.7. The van der Waals surface area contributed by atoms with Crippen LogP contribution in [0.4, 0.5) is 0 Å². The van der Waals surface area contributed by atoms with Gasteiger partial charge < -0.3 is 19.0 Å². The first-order valence-corrected chi connectivity index (χ1v) is 11.9. The second-order valence-electron chi connectivity index (χ2n) is 7.58. The van der Waals surface area contributed by atoms with Gasteiger partial charge >= 0.3 is 11.9 Å². The van der Waals surface area contributed by atoms with Crippen molar-refractivity contribution in [2.24, 2.45) is 0 Å². The average Bonchev–Trinajstić information content (AvgIpc) is 3.35. The standard InChI is InChI=1S/C24H28N4O5S/c1-6-28-22(17-11-9-8-10-14(17)3)26-27-24(28)34-13-19(30)33-12-18(29)20-15(4)25-16(5)21(20)23(31)32-7-2/h8-11,25H,6-7,12-13H2,1-5H3. The Balaban J connectivity index is 1.64. The van der Waals surface area contributed by atoms with Crippen LogP contribution in [0.3, 0.4) is 0 Å². The maximum atomic E-state index is 12.7. The van der Waals surface area contributed by atoms with Gasteiger partial charge in [0.15, 0.2) is 17.6 Å². The number of nitrogens with one attached hydrogen (secondary N) is 1. The van der Waals surface area contributed by atoms with Crippen molar-refractivity contribution in [3.05, 3.63) is 52.3 Å². The number of benzene rings is 1. The van der Waals surface area contributed by atoms with E-state index in [0.29, 0.717) is 23.1 Å². The lowest BCUT2D eigenvalue weighted by atomic mass is 10.1. The molecule has 2 heterocycles. The Labute approximate surface area is 202 Å². The van der Waals surface area contributed by atoms with Crippen LogP contribution in [0.15, 0.2) is 29.4 Å². The molecule has 0 aliphatic carbocycles. The monoisotopic (exact) mass is 484 g/mol. The van der Waals surface area contributed by atoms with Gasteiger partial charge in [0.25, 0.3) is 0 Å². The minimum absolute atomic E-state index is 0.0327. The highest BCUT2D eigenvalue weighted by molar-refractivity contribution is 7.99. The van der Waals surface area contributed by atoms with Crippen LogP contribution >= 0.6 is 11.8 Å². The molecule has 1 N–H and O–H groups in total. The molecule has 34 heavy (non-hydrogen) atoms. The molecule has 0 atom stereocenters. The fourth-order valence-corrected chi connectivity index (χ4v) is 4.48. The molecule has 0 saturated carbocycles. The number of H-pyrrole nitrogens is 1. The SMILES string of the molecule is CCOC(=O)c1c(C)[nH]c(C)c1C(=O)COC(=O)CSc1nnc(-c2ccccc2C)n1CC. The van der Waals surface area contributed by atoms with E-state index in [-0.39, 0.29) is 23.5 Å². The highest BCUT2D eigenvalue weighted by Crippen LogP contribution is 2.26. The predicted octanol–water partition coefficient (Wildman–Crippen LogP) is 3.91. The first kappa shape index (κ1) is 25.2. The van der Waals surface area contributed by atoms with Gasteiger partial charge in [0.1, 0.15) is 0 Å². The Bertz CT molecular complexity index is 1210. The minimum Gasteiger partial charge on any atom is -0.462 e. The zero-order valence-electron chi connectivity index (χ0n) is 19.9. The van der Waals surface area contributed by atoms with Gasteiger partial charge in [-0.25, -0.2) is 4.79 Å². The lowest BCUT2D eigenvalue weighted by Gasteiger charge is -2.09. The summed E-state index contributed by atoms with van der Waals surface area (Å²) in [5.74, 6) is -0.921. The van der Waals surface area contributed by atoms with Crippen LogP contribution in [-0.2, 0) is 20.8 Å². The van der Waals surface area contributed by atoms with Crippen LogP contribution in [0.25, 0.3) is 11.4 Å². The van der Waals surface area contributed by atoms with Crippen molar-refractivity contribution < 1.29 is 23.9 Å². The zero-order chi connectivity index (χ0) is 24.8. The second-order valence-corrected chi connectivity index (χ2v) is 8.53. The summed E-state index contributed by atoms with van der Waals surface area (Å²) in [6, 6.07) is 7.89. The highest BCUT2D eigenvalue weighted by Gasteiger charge is 2.26. The van der Waals surface area contributed by atoms with Gasteiger partial charge in [0.2, 0.25) is 5.78 Å². The minimum atomic E-state index is -0.585. The summed E-state index contributed by atoms with van der Waals surface area (Å²) in [7, 11) is 0. The highest BCUT2D eigenvalue weighted by atomic mass is 32.2. The van der Waals surface area contributed by atoms with Gasteiger partial charge in [-0.2, -0.15) is 0 Å². The number of rotatable bonds is 10. The van der Waals surface area contributed by atoms with Crippen molar-refractivity contribution in [2.75, 3.05) is 19.0 Å². The molecule has 1 aromatic carbocycles. The number of esters is 2. The number of aromatic nitrogens is 4. The summed E-state index contributed by atoms with van der Waals surface area (Å²) in [5.41, 5.74) is 3.47. The van der Waals surface area contributed by atoms with Gasteiger partial charge in [0, 0.05) is 23.5 Å². The molecular weight excluding hydrogens is 456 g/mol. The summed E-state index contributed by atoms with van der Waals surface area (Å²) in [6.45, 7) is 9.40. The van der Waals surface area contributed by atoms with Crippen molar-refractivity contribution in [3.63, 3.8) is 0 Å². The van der Waals surface area contributed by atoms with Crippen LogP contribution in [0, 0.1) is 20.8 Å². The number of thioether (sulfide) groups is 1. The summed E-state index contributed by atoms with van der Waals surface area (Å²) < 4.78 is 12.2. The lowest BCUT2D eigenvalue weighted by Crippen LogP contribution is -2.19. The Hall–Kier alpha value is -3.40. The summed E-state index contributed by atoms with van der Waals surface area (Å²) in [4.78, 5) is 40.3. The zero-order valence-corrected chi connectivity index (χ0v) is 20.7. The fourth-order valence-electron chi connectivity index (χ4n) is 3.68. The molecule has 0 radical (unpaired) electrons. The Kier molecular flexibility index (Phi) is 8.27. The number of carbonyl (C=O) groups is 3. The van der Waals surface area contributed by atoms with Crippen LogP contribution in [0.1, 0.15) is 51.5 Å². The molecule has 0 amide bonds. The lowest BCUT2D eigenvalue weighted by molar-refractivity contribution is -0.139. The number of carbonyl (C=O) groups excluding carboxylic acids is 3. The molecule has 180 valence electrons. The molecule has 0 aliphatic heterocycles. The summed E-state index contributed by atoms with van der Waals surface area (Å²) in [6.07, 6.45) is 0. The molecule has 3 rings (SSSR count). The Morgan fingerprint density at radius 1 is 1.00 bits per heavy atom. The van der Waals surface area contributed by atoms with E-state index in [0.717, 1.165) is 17.0 Å². The number of ketones is 1. The third-order valence-corrected chi connectivity index (χ3v) is 6.18. The number of aromatic amines is 1. The van der Waals surface area contributed by atoms with Gasteiger partial charge in [-0.05, 0) is 40.2 Å². The van der Waals surface area contributed by atoms with Gasteiger partial charge in [0.05, 0.1) is 23.5 Å². The van der Waals surface area contributed by atoms with E-state index in [1.54, 1.807) is 20.8 Å². The molecule has 0 aliphatic rings. The Morgan fingerprint density at radius 2 is 1.71 bits per heavy atom. The predicted molar refractivity (Wildman–Crippen MR) is 128 cm³/mol. The van der Waals surface area contributed by atoms with Gasteiger partial charge in [-0.3, -0.25) is 9.59 Å².